The Morgan fingerprint density at radius 1 is 1.12 bits per heavy atom. The Hall–Kier alpha value is -1.69. The largest absolute Gasteiger partial charge is 0.343 e. The summed E-state index contributed by atoms with van der Waals surface area (Å²) in [5.74, 6) is 0.0290. The molecule has 0 saturated carbocycles. The van der Waals surface area contributed by atoms with Crippen molar-refractivity contribution in [1.82, 2.24) is 5.32 Å². The van der Waals surface area contributed by atoms with Gasteiger partial charge in [0.05, 0.1) is 18.0 Å². The van der Waals surface area contributed by atoms with Crippen LogP contribution < -0.4 is 15.1 Å². The second kappa shape index (κ2) is 8.33. The van der Waals surface area contributed by atoms with Crippen LogP contribution >= 0.6 is 11.3 Å². The lowest BCUT2D eigenvalue weighted by Crippen LogP contribution is -3.27. The second-order valence-electron chi connectivity index (χ2n) is 7.67. The van der Waals surface area contributed by atoms with Crippen LogP contribution in [0.3, 0.4) is 0 Å². The number of hydrogen-bond acceptors (Lipinski definition) is 2. The fourth-order valence-electron chi connectivity index (χ4n) is 3.83. The number of thiophene rings is 1. The molecule has 0 bridgehead atoms. The van der Waals surface area contributed by atoms with Gasteiger partial charge < -0.3 is 15.1 Å². The maximum Gasteiger partial charge on any atom is 0.251 e. The summed E-state index contributed by atoms with van der Waals surface area (Å²) in [5.41, 5.74) is 3.13. The van der Waals surface area contributed by atoms with Gasteiger partial charge in [-0.3, -0.25) is 4.79 Å². The molecule has 1 fully saturated rings. The quantitative estimate of drug-likeness (QED) is 0.707. The highest BCUT2D eigenvalue weighted by Crippen LogP contribution is 2.20. The molecule has 5 heteroatoms. The lowest BCUT2D eigenvalue weighted by molar-refractivity contribution is -1.02. The molecule has 2 aromatic rings. The van der Waals surface area contributed by atoms with Gasteiger partial charge in [-0.2, -0.15) is 0 Å². The smallest absolute Gasteiger partial charge is 0.251 e. The van der Waals surface area contributed by atoms with E-state index in [-0.39, 0.29) is 11.9 Å². The van der Waals surface area contributed by atoms with Crippen molar-refractivity contribution in [3.8, 4) is 0 Å². The first-order chi connectivity index (χ1) is 12.5. The predicted molar refractivity (Wildman–Crippen MR) is 107 cm³/mol. The van der Waals surface area contributed by atoms with Crippen LogP contribution in [0.25, 0.3) is 0 Å². The molecule has 1 aliphatic heterocycles. The van der Waals surface area contributed by atoms with E-state index in [1.165, 1.54) is 23.5 Å². The SMILES string of the molecule is Cc1ccc(C(=O)N[C@H](C)[C@@H](c2cccs2)[NH+]2CC[NH+](C)CC2)cc1C. The highest BCUT2D eigenvalue weighted by atomic mass is 32.1. The van der Waals surface area contributed by atoms with E-state index in [0.717, 1.165) is 24.2 Å². The predicted octanol–water partition coefficient (Wildman–Crippen LogP) is 0.638. The molecular formula is C21H31N3OS+2. The molecule has 2 heterocycles. The molecule has 1 aromatic carbocycles. The molecule has 3 rings (SSSR count). The van der Waals surface area contributed by atoms with E-state index in [0.29, 0.717) is 6.04 Å². The van der Waals surface area contributed by atoms with Crippen LogP contribution in [0.15, 0.2) is 35.7 Å². The first-order valence-corrected chi connectivity index (χ1v) is 10.4. The number of piperazine rings is 1. The number of amides is 1. The molecule has 1 aromatic heterocycles. The molecule has 1 aliphatic rings. The highest BCUT2D eigenvalue weighted by Gasteiger charge is 2.34. The van der Waals surface area contributed by atoms with Crippen molar-refractivity contribution >= 4 is 17.2 Å². The van der Waals surface area contributed by atoms with Gasteiger partial charge in [0.25, 0.3) is 5.91 Å². The van der Waals surface area contributed by atoms with Crippen molar-refractivity contribution in [2.24, 2.45) is 0 Å². The van der Waals surface area contributed by atoms with Crippen LogP contribution in [-0.2, 0) is 0 Å². The van der Waals surface area contributed by atoms with Gasteiger partial charge in [-0.1, -0.05) is 12.1 Å². The van der Waals surface area contributed by atoms with Crippen molar-refractivity contribution in [1.29, 1.82) is 0 Å². The maximum absolute atomic E-state index is 12.8. The zero-order chi connectivity index (χ0) is 18.7. The van der Waals surface area contributed by atoms with Crippen molar-refractivity contribution in [2.75, 3.05) is 33.2 Å². The van der Waals surface area contributed by atoms with E-state index >= 15 is 0 Å². The topological polar surface area (TPSA) is 38.0 Å². The third-order valence-corrected chi connectivity index (χ3v) is 6.62. The number of carbonyl (C=O) groups is 1. The van der Waals surface area contributed by atoms with Crippen LogP contribution in [0.1, 0.15) is 39.3 Å². The molecule has 140 valence electrons. The normalized spacial score (nSPS) is 22.6. The van der Waals surface area contributed by atoms with E-state index in [9.17, 15) is 4.79 Å². The molecule has 2 atom stereocenters. The Bertz CT molecular complexity index is 736. The number of aryl methyl sites for hydroxylation is 2. The molecule has 4 nitrogen and oxygen atoms in total. The van der Waals surface area contributed by atoms with E-state index in [2.05, 4.69) is 50.6 Å². The minimum atomic E-state index is 0.0290. The average Bonchev–Trinajstić information content (AvgIpc) is 3.13. The molecule has 0 spiro atoms. The number of hydrogen-bond donors (Lipinski definition) is 3. The van der Waals surface area contributed by atoms with Gasteiger partial charge in [-0.25, -0.2) is 0 Å². The average molecular weight is 374 g/mol. The number of rotatable bonds is 5. The minimum Gasteiger partial charge on any atom is -0.343 e. The second-order valence-corrected chi connectivity index (χ2v) is 8.65. The standard InChI is InChI=1S/C21H29N3OS/c1-15-7-8-18(14-16(15)2)21(25)22-17(3)20(19-6-5-13-26-19)24-11-9-23(4)10-12-24/h5-8,13-14,17,20H,9-12H2,1-4H3,(H,22,25)/p+2/t17-,20+/m1/s1. The third-order valence-electron chi connectivity index (χ3n) is 5.66. The van der Waals surface area contributed by atoms with E-state index in [1.807, 2.05) is 18.2 Å². The summed E-state index contributed by atoms with van der Waals surface area (Å²) in [5, 5.41) is 5.42. The minimum absolute atomic E-state index is 0.0290. The fourth-order valence-corrected chi connectivity index (χ4v) is 4.82. The summed E-state index contributed by atoms with van der Waals surface area (Å²) in [7, 11) is 2.27. The number of nitrogens with one attached hydrogen (secondary N) is 3. The van der Waals surface area contributed by atoms with Crippen molar-refractivity contribution in [3.63, 3.8) is 0 Å². The number of quaternary nitrogens is 2. The Balaban J connectivity index is 1.75. The zero-order valence-electron chi connectivity index (χ0n) is 16.3. The van der Waals surface area contributed by atoms with Crippen LogP contribution in [0.4, 0.5) is 0 Å². The van der Waals surface area contributed by atoms with Crippen LogP contribution in [0.2, 0.25) is 0 Å². The Kier molecular flexibility index (Phi) is 6.12. The number of likely N-dealkylation sites (N-methyl/N-ethyl adjacent to an activating group) is 1. The summed E-state index contributed by atoms with van der Waals surface area (Å²) in [6.07, 6.45) is 0. The zero-order valence-corrected chi connectivity index (χ0v) is 17.1. The first-order valence-electron chi connectivity index (χ1n) is 9.53. The van der Waals surface area contributed by atoms with Gasteiger partial charge in [-0.05, 0) is 55.5 Å². The highest BCUT2D eigenvalue weighted by molar-refractivity contribution is 7.10. The molecule has 3 N–H and O–H groups in total. The van der Waals surface area contributed by atoms with Gasteiger partial charge in [0.1, 0.15) is 32.2 Å². The monoisotopic (exact) mass is 373 g/mol. The van der Waals surface area contributed by atoms with Crippen molar-refractivity contribution < 1.29 is 14.6 Å². The molecular weight excluding hydrogens is 342 g/mol. The molecule has 1 amide bonds. The lowest BCUT2D eigenvalue weighted by Gasteiger charge is -2.36. The molecule has 0 unspecified atom stereocenters. The molecule has 0 aliphatic carbocycles. The van der Waals surface area contributed by atoms with Gasteiger partial charge in [-0.15, -0.1) is 11.3 Å². The van der Waals surface area contributed by atoms with Crippen LogP contribution in [0.5, 0.6) is 0 Å². The fraction of sp³-hybridized carbons (Fsp3) is 0.476. The Morgan fingerprint density at radius 3 is 2.46 bits per heavy atom. The van der Waals surface area contributed by atoms with Crippen LogP contribution in [0, 0.1) is 13.8 Å². The van der Waals surface area contributed by atoms with Crippen molar-refractivity contribution in [2.45, 2.75) is 32.9 Å². The van der Waals surface area contributed by atoms with Gasteiger partial charge >= 0.3 is 0 Å². The molecule has 26 heavy (non-hydrogen) atoms. The third kappa shape index (κ3) is 4.34. The summed E-state index contributed by atoms with van der Waals surface area (Å²) in [6.45, 7) is 11.0. The Morgan fingerprint density at radius 2 is 1.85 bits per heavy atom. The van der Waals surface area contributed by atoms with E-state index < -0.39 is 0 Å². The molecule has 1 saturated heterocycles. The Labute approximate surface area is 160 Å². The summed E-state index contributed by atoms with van der Waals surface area (Å²) in [6, 6.07) is 10.7. The van der Waals surface area contributed by atoms with E-state index in [1.54, 1.807) is 21.1 Å². The summed E-state index contributed by atoms with van der Waals surface area (Å²) >= 11 is 1.80. The van der Waals surface area contributed by atoms with Gasteiger partial charge in [0, 0.05) is 5.56 Å². The molecule has 0 radical (unpaired) electrons. The lowest BCUT2D eigenvalue weighted by atomic mass is 10.0. The van der Waals surface area contributed by atoms with E-state index in [4.69, 9.17) is 0 Å². The maximum atomic E-state index is 12.8. The number of carbonyl (C=O) groups excluding carboxylic acids is 1. The first kappa shape index (κ1) is 19.1. The summed E-state index contributed by atoms with van der Waals surface area (Å²) in [4.78, 5) is 17.4. The van der Waals surface area contributed by atoms with Gasteiger partial charge in [0.15, 0.2) is 0 Å². The summed E-state index contributed by atoms with van der Waals surface area (Å²) < 4.78 is 0. The van der Waals surface area contributed by atoms with Gasteiger partial charge in [0.2, 0.25) is 0 Å². The van der Waals surface area contributed by atoms with Crippen LogP contribution in [-0.4, -0.2) is 45.2 Å². The number of benzene rings is 1. The van der Waals surface area contributed by atoms with Crippen molar-refractivity contribution in [3.05, 3.63) is 57.3 Å².